The molecular weight excluding hydrogens is 366 g/mol. The normalized spacial score (nSPS) is 45.9. The van der Waals surface area contributed by atoms with Gasteiger partial charge in [-0.2, -0.15) is 0 Å². The maximum Gasteiger partial charge on any atom is 0.262 e. The Hall–Kier alpha value is -1.16. The molecule has 0 N–H and O–H groups in total. The van der Waals surface area contributed by atoms with E-state index in [0.717, 1.165) is 32.1 Å². The van der Waals surface area contributed by atoms with Crippen LogP contribution in [0.5, 0.6) is 0 Å². The lowest BCUT2D eigenvalue weighted by atomic mass is 9.42. The van der Waals surface area contributed by atoms with E-state index < -0.39 is 0 Å². The molecule has 5 aliphatic rings. The van der Waals surface area contributed by atoms with Crippen LogP contribution in [-0.4, -0.2) is 26.6 Å². The smallest absolute Gasteiger partial charge is 0.262 e. The number of fused-ring (bicyclic) bond motifs is 1. The van der Waals surface area contributed by atoms with Gasteiger partial charge in [0.25, 0.3) is 11.8 Å². The molecule has 24 heavy (non-hydrogen) atoms. The quantitative estimate of drug-likeness (QED) is 0.523. The fraction of sp³-hybridized carbons (Fsp3) is 0.600. The summed E-state index contributed by atoms with van der Waals surface area (Å²) in [5.74, 6) is -0.165. The van der Waals surface area contributed by atoms with Crippen molar-refractivity contribution < 1.29 is 9.59 Å². The van der Waals surface area contributed by atoms with Gasteiger partial charge in [-0.15, -0.1) is 0 Å². The highest BCUT2D eigenvalue weighted by molar-refractivity contribution is 9.10. The number of carbonyl (C=O) groups excluding carboxylic acids is 2. The van der Waals surface area contributed by atoms with E-state index in [2.05, 4.69) is 29.8 Å². The number of halogens is 1. The summed E-state index contributed by atoms with van der Waals surface area (Å²) in [6.45, 7) is 4.71. The molecular formula is C20H22BrNO2. The molecule has 2 atom stereocenters. The zero-order valence-electron chi connectivity index (χ0n) is 14.2. The van der Waals surface area contributed by atoms with Crippen molar-refractivity contribution in [1.82, 2.24) is 4.90 Å². The topological polar surface area (TPSA) is 37.4 Å². The van der Waals surface area contributed by atoms with Gasteiger partial charge in [-0.3, -0.25) is 14.5 Å². The summed E-state index contributed by atoms with van der Waals surface area (Å²) in [6.07, 6.45) is 6.32. The minimum Gasteiger partial charge on any atom is -0.269 e. The van der Waals surface area contributed by atoms with E-state index >= 15 is 0 Å². The second-order valence-corrected chi connectivity index (χ2v) is 11.2. The van der Waals surface area contributed by atoms with Crippen molar-refractivity contribution in [2.45, 2.75) is 62.2 Å². The van der Waals surface area contributed by atoms with E-state index in [-0.39, 0.29) is 32.5 Å². The van der Waals surface area contributed by atoms with Crippen LogP contribution in [0.15, 0.2) is 24.3 Å². The van der Waals surface area contributed by atoms with E-state index in [1.807, 2.05) is 12.1 Å². The van der Waals surface area contributed by atoms with E-state index in [1.54, 1.807) is 17.0 Å². The minimum atomic E-state index is -0.324. The summed E-state index contributed by atoms with van der Waals surface area (Å²) < 4.78 is 0.0700. The van der Waals surface area contributed by atoms with Gasteiger partial charge in [0, 0.05) is 4.32 Å². The standard InChI is InChI=1S/C20H22BrNO2/c1-17-7-18(2)9-19(21,8-17)12-20(10-17,11-18)22-15(23)13-5-3-4-6-14(13)16(22)24/h3-6H,7-12H2,1-2H3. The van der Waals surface area contributed by atoms with Crippen molar-refractivity contribution in [2.24, 2.45) is 10.8 Å². The van der Waals surface area contributed by atoms with Crippen LogP contribution in [0.3, 0.4) is 0 Å². The Kier molecular flexibility index (Phi) is 2.61. The maximum atomic E-state index is 13.1. The number of hydrogen-bond acceptors (Lipinski definition) is 2. The maximum absolute atomic E-state index is 13.1. The van der Waals surface area contributed by atoms with Gasteiger partial charge in [-0.25, -0.2) is 0 Å². The van der Waals surface area contributed by atoms with Crippen molar-refractivity contribution in [1.29, 1.82) is 0 Å². The highest BCUT2D eigenvalue weighted by Gasteiger charge is 2.68. The molecule has 2 unspecified atom stereocenters. The number of rotatable bonds is 1. The van der Waals surface area contributed by atoms with Crippen molar-refractivity contribution in [2.75, 3.05) is 0 Å². The molecule has 4 aliphatic carbocycles. The molecule has 0 radical (unpaired) electrons. The molecule has 1 aromatic rings. The molecule has 1 aromatic carbocycles. The summed E-state index contributed by atoms with van der Waals surface area (Å²) in [5.41, 5.74) is 1.26. The van der Waals surface area contributed by atoms with E-state index in [0.29, 0.717) is 11.1 Å². The summed E-state index contributed by atoms with van der Waals surface area (Å²) in [4.78, 5) is 27.9. The Morgan fingerprint density at radius 3 is 1.79 bits per heavy atom. The molecule has 0 spiro atoms. The zero-order chi connectivity index (χ0) is 17.0. The summed E-state index contributed by atoms with van der Waals surface area (Å²) >= 11 is 4.04. The number of benzene rings is 1. The van der Waals surface area contributed by atoms with Gasteiger partial charge in [-0.1, -0.05) is 41.9 Å². The Morgan fingerprint density at radius 2 is 1.33 bits per heavy atom. The highest BCUT2D eigenvalue weighted by Crippen LogP contribution is 2.71. The first kappa shape index (κ1) is 15.1. The third-order valence-electron chi connectivity index (χ3n) is 6.77. The fourth-order valence-corrected chi connectivity index (χ4v) is 9.22. The van der Waals surface area contributed by atoms with Crippen LogP contribution in [0, 0.1) is 10.8 Å². The molecule has 4 bridgehead atoms. The van der Waals surface area contributed by atoms with E-state index in [9.17, 15) is 9.59 Å². The number of imide groups is 1. The third-order valence-corrected chi connectivity index (χ3v) is 7.61. The summed E-state index contributed by atoms with van der Waals surface area (Å²) in [6, 6.07) is 7.29. The van der Waals surface area contributed by atoms with Gasteiger partial charge in [-0.05, 0) is 61.5 Å². The Bertz CT molecular complexity index is 712. The van der Waals surface area contributed by atoms with Gasteiger partial charge >= 0.3 is 0 Å². The fourth-order valence-electron chi connectivity index (χ4n) is 7.35. The first-order chi connectivity index (χ1) is 11.2. The van der Waals surface area contributed by atoms with E-state index in [4.69, 9.17) is 0 Å². The lowest BCUT2D eigenvalue weighted by molar-refractivity contribution is -0.127. The second-order valence-electron chi connectivity index (χ2n) is 9.55. The molecule has 4 saturated carbocycles. The van der Waals surface area contributed by atoms with Crippen LogP contribution >= 0.6 is 15.9 Å². The molecule has 4 heteroatoms. The van der Waals surface area contributed by atoms with Crippen molar-refractivity contribution >= 4 is 27.7 Å². The molecule has 4 fully saturated rings. The zero-order valence-corrected chi connectivity index (χ0v) is 15.8. The summed E-state index contributed by atoms with van der Waals surface area (Å²) in [7, 11) is 0. The number of alkyl halides is 1. The van der Waals surface area contributed by atoms with Gasteiger partial charge < -0.3 is 0 Å². The van der Waals surface area contributed by atoms with Gasteiger partial charge in [0.05, 0.1) is 16.7 Å². The molecule has 6 rings (SSSR count). The molecule has 1 aliphatic heterocycles. The second kappa shape index (κ2) is 4.14. The average Bonchev–Trinajstić information content (AvgIpc) is 2.66. The average molecular weight is 388 g/mol. The van der Waals surface area contributed by atoms with Gasteiger partial charge in [0.15, 0.2) is 0 Å². The number of amides is 2. The first-order valence-corrected chi connectivity index (χ1v) is 9.63. The van der Waals surface area contributed by atoms with Crippen LogP contribution < -0.4 is 0 Å². The number of hydrogen-bond donors (Lipinski definition) is 0. The first-order valence-electron chi connectivity index (χ1n) is 8.84. The van der Waals surface area contributed by atoms with Gasteiger partial charge in [0.2, 0.25) is 0 Å². The molecule has 3 nitrogen and oxygen atoms in total. The third kappa shape index (κ3) is 1.78. The molecule has 2 amide bonds. The van der Waals surface area contributed by atoms with Crippen LogP contribution in [0.1, 0.15) is 73.1 Å². The van der Waals surface area contributed by atoms with Crippen molar-refractivity contribution in [3.63, 3.8) is 0 Å². The van der Waals surface area contributed by atoms with Crippen LogP contribution in [0.4, 0.5) is 0 Å². The van der Waals surface area contributed by atoms with Crippen molar-refractivity contribution in [3.05, 3.63) is 35.4 Å². The Balaban J connectivity index is 1.65. The lowest BCUT2D eigenvalue weighted by Gasteiger charge is -2.69. The van der Waals surface area contributed by atoms with Crippen LogP contribution in [-0.2, 0) is 0 Å². The van der Waals surface area contributed by atoms with Crippen LogP contribution in [0.25, 0.3) is 0 Å². The molecule has 1 heterocycles. The van der Waals surface area contributed by atoms with Crippen LogP contribution in [0.2, 0.25) is 0 Å². The SMILES string of the molecule is CC12CC3(C)CC(Br)(C1)CC(N1C(=O)c4ccccc4C1=O)(C2)C3. The molecule has 0 aromatic heterocycles. The van der Waals surface area contributed by atoms with Crippen molar-refractivity contribution in [3.8, 4) is 0 Å². The molecule has 0 saturated heterocycles. The number of carbonyl (C=O) groups is 2. The van der Waals surface area contributed by atoms with Gasteiger partial charge in [0.1, 0.15) is 0 Å². The lowest BCUT2D eigenvalue weighted by Crippen LogP contribution is -2.69. The largest absolute Gasteiger partial charge is 0.269 e. The predicted molar refractivity (Wildman–Crippen MR) is 95.2 cm³/mol. The summed E-state index contributed by atoms with van der Waals surface area (Å²) in [5, 5.41) is 0. The Morgan fingerprint density at radius 1 is 0.833 bits per heavy atom. The molecule has 126 valence electrons. The number of nitrogens with zero attached hydrogens (tertiary/aromatic N) is 1. The monoisotopic (exact) mass is 387 g/mol. The Labute approximate surface area is 150 Å². The van der Waals surface area contributed by atoms with E-state index in [1.165, 1.54) is 6.42 Å². The predicted octanol–water partition coefficient (Wildman–Crippen LogP) is 4.55. The highest BCUT2D eigenvalue weighted by atomic mass is 79.9. The minimum absolute atomic E-state index is 0.0700.